The number of sulfonamides is 1. The Bertz CT molecular complexity index is 264. The van der Waals surface area contributed by atoms with Crippen molar-refractivity contribution in [3.8, 4) is 0 Å². The molecule has 0 radical (unpaired) electrons. The molecular weight excluding hydrogens is 224 g/mol. The van der Waals surface area contributed by atoms with E-state index in [1.54, 1.807) is 0 Å². The zero-order chi connectivity index (χ0) is 10.1. The van der Waals surface area contributed by atoms with E-state index in [1.165, 1.54) is 0 Å². The van der Waals surface area contributed by atoms with Gasteiger partial charge in [-0.3, -0.25) is 0 Å². The van der Waals surface area contributed by atoms with E-state index < -0.39 is 15.8 Å². The fourth-order valence-corrected chi connectivity index (χ4v) is 2.22. The zero-order valence-electron chi connectivity index (χ0n) is 6.71. The van der Waals surface area contributed by atoms with Crippen LogP contribution >= 0.6 is 11.6 Å². The van der Waals surface area contributed by atoms with Crippen LogP contribution in [-0.4, -0.2) is 26.1 Å². The number of hydrogen-bond acceptors (Lipinski definition) is 2. The summed E-state index contributed by atoms with van der Waals surface area (Å²) < 4.78 is 46.5. The van der Waals surface area contributed by atoms with E-state index in [2.05, 4.69) is 0 Å². The SMILES string of the molecule is O=S(=O)(NCC1CC(Cl)C1)C(F)F. The van der Waals surface area contributed by atoms with Crippen LogP contribution in [0, 0.1) is 5.92 Å². The minimum atomic E-state index is -4.41. The van der Waals surface area contributed by atoms with E-state index in [0.717, 1.165) is 0 Å². The van der Waals surface area contributed by atoms with E-state index in [-0.39, 0.29) is 17.8 Å². The lowest BCUT2D eigenvalue weighted by atomic mass is 9.85. The fourth-order valence-electron chi connectivity index (χ4n) is 1.12. The smallest absolute Gasteiger partial charge is 0.210 e. The third kappa shape index (κ3) is 3.03. The molecule has 0 amide bonds. The molecule has 1 aliphatic carbocycles. The van der Waals surface area contributed by atoms with Crippen molar-refractivity contribution < 1.29 is 17.2 Å². The summed E-state index contributed by atoms with van der Waals surface area (Å²) in [7, 11) is -4.41. The number of alkyl halides is 3. The Kier molecular flexibility index (Phi) is 3.48. The summed E-state index contributed by atoms with van der Waals surface area (Å²) in [6, 6.07) is 0. The molecule has 7 heteroatoms. The number of rotatable bonds is 4. The van der Waals surface area contributed by atoms with Crippen molar-refractivity contribution in [3.63, 3.8) is 0 Å². The second kappa shape index (κ2) is 4.06. The van der Waals surface area contributed by atoms with Gasteiger partial charge in [-0.15, -0.1) is 11.6 Å². The Hall–Kier alpha value is 0.0600. The predicted molar refractivity (Wildman–Crippen MR) is 45.3 cm³/mol. The van der Waals surface area contributed by atoms with Crippen LogP contribution < -0.4 is 4.72 Å². The van der Waals surface area contributed by atoms with E-state index in [4.69, 9.17) is 11.6 Å². The van der Waals surface area contributed by atoms with Crippen molar-refractivity contribution in [2.24, 2.45) is 5.92 Å². The summed E-state index contributed by atoms with van der Waals surface area (Å²) >= 11 is 5.63. The van der Waals surface area contributed by atoms with Crippen LogP contribution in [0.2, 0.25) is 0 Å². The second-order valence-corrected chi connectivity index (χ2v) is 5.44. The third-order valence-electron chi connectivity index (χ3n) is 1.99. The topological polar surface area (TPSA) is 46.2 Å². The van der Waals surface area contributed by atoms with Gasteiger partial charge in [0.25, 0.3) is 10.0 Å². The maximum absolute atomic E-state index is 11.8. The van der Waals surface area contributed by atoms with Gasteiger partial charge in [-0.05, 0) is 18.8 Å². The zero-order valence-corrected chi connectivity index (χ0v) is 8.28. The molecule has 0 aromatic heterocycles. The number of halogens is 3. The lowest BCUT2D eigenvalue weighted by molar-refractivity contribution is 0.230. The van der Waals surface area contributed by atoms with Gasteiger partial charge in [-0.2, -0.15) is 8.78 Å². The molecular formula is C6H10ClF2NO2S. The molecule has 1 fully saturated rings. The Balaban J connectivity index is 2.27. The van der Waals surface area contributed by atoms with Gasteiger partial charge < -0.3 is 0 Å². The average molecular weight is 234 g/mol. The molecule has 0 spiro atoms. The summed E-state index contributed by atoms with van der Waals surface area (Å²) in [5.74, 6) is -3.24. The predicted octanol–water partition coefficient (Wildman–Crippen LogP) is 1.15. The molecule has 0 saturated heterocycles. The van der Waals surface area contributed by atoms with Crippen molar-refractivity contribution in [1.82, 2.24) is 4.72 Å². The van der Waals surface area contributed by atoms with Gasteiger partial charge >= 0.3 is 5.76 Å². The van der Waals surface area contributed by atoms with Crippen LogP contribution in [-0.2, 0) is 10.0 Å². The molecule has 0 atom stereocenters. The van der Waals surface area contributed by atoms with Crippen molar-refractivity contribution in [2.75, 3.05) is 6.54 Å². The van der Waals surface area contributed by atoms with Gasteiger partial charge in [0, 0.05) is 11.9 Å². The van der Waals surface area contributed by atoms with E-state index >= 15 is 0 Å². The van der Waals surface area contributed by atoms with Crippen molar-refractivity contribution >= 4 is 21.6 Å². The molecule has 0 aliphatic heterocycles. The first-order chi connectivity index (χ1) is 5.92. The van der Waals surface area contributed by atoms with Crippen molar-refractivity contribution in [3.05, 3.63) is 0 Å². The molecule has 13 heavy (non-hydrogen) atoms. The minimum Gasteiger partial charge on any atom is -0.210 e. The lowest BCUT2D eigenvalue weighted by Crippen LogP contribution is -2.38. The van der Waals surface area contributed by atoms with Gasteiger partial charge in [0.2, 0.25) is 0 Å². The highest BCUT2D eigenvalue weighted by Crippen LogP contribution is 2.31. The Labute approximate surface area is 80.5 Å². The van der Waals surface area contributed by atoms with Crippen molar-refractivity contribution in [1.29, 1.82) is 0 Å². The Morgan fingerprint density at radius 3 is 2.38 bits per heavy atom. The maximum atomic E-state index is 11.8. The van der Waals surface area contributed by atoms with E-state index in [0.29, 0.717) is 12.8 Å². The van der Waals surface area contributed by atoms with Crippen molar-refractivity contribution in [2.45, 2.75) is 24.0 Å². The van der Waals surface area contributed by atoms with E-state index in [9.17, 15) is 17.2 Å². The summed E-state index contributed by atoms with van der Waals surface area (Å²) in [6.07, 6.45) is 1.38. The minimum absolute atomic E-state index is 0.0654. The van der Waals surface area contributed by atoms with Gasteiger partial charge in [0.05, 0.1) is 0 Å². The van der Waals surface area contributed by atoms with Gasteiger partial charge in [0.1, 0.15) is 0 Å². The number of hydrogen-bond donors (Lipinski definition) is 1. The molecule has 1 N–H and O–H groups in total. The Morgan fingerprint density at radius 1 is 1.46 bits per heavy atom. The molecule has 0 bridgehead atoms. The van der Waals surface area contributed by atoms with Crippen LogP contribution in [0.15, 0.2) is 0 Å². The summed E-state index contributed by atoms with van der Waals surface area (Å²) in [6.45, 7) is 0.0654. The van der Waals surface area contributed by atoms with Crippen LogP contribution in [0.25, 0.3) is 0 Å². The molecule has 1 aliphatic rings. The molecule has 78 valence electrons. The summed E-state index contributed by atoms with van der Waals surface area (Å²) in [5, 5.41) is 0.0704. The van der Waals surface area contributed by atoms with Gasteiger partial charge in [0.15, 0.2) is 0 Å². The van der Waals surface area contributed by atoms with Gasteiger partial charge in [-0.1, -0.05) is 0 Å². The normalized spacial score (nSPS) is 28.9. The quantitative estimate of drug-likeness (QED) is 0.741. The monoisotopic (exact) mass is 233 g/mol. The van der Waals surface area contributed by atoms with Crippen LogP contribution in [0.1, 0.15) is 12.8 Å². The second-order valence-electron chi connectivity index (χ2n) is 3.09. The molecule has 0 heterocycles. The molecule has 0 aromatic carbocycles. The largest absolute Gasteiger partial charge is 0.350 e. The van der Waals surface area contributed by atoms with Crippen LogP contribution in [0.5, 0.6) is 0 Å². The highest BCUT2D eigenvalue weighted by molar-refractivity contribution is 7.89. The fraction of sp³-hybridized carbons (Fsp3) is 1.00. The van der Waals surface area contributed by atoms with Crippen LogP contribution in [0.4, 0.5) is 8.78 Å². The summed E-state index contributed by atoms with van der Waals surface area (Å²) in [5.41, 5.74) is 0. The standard InChI is InChI=1S/C6H10ClF2NO2S/c7-5-1-4(2-5)3-10-13(11,12)6(8)9/h4-6,10H,1-3H2. The Morgan fingerprint density at radius 2 is 2.00 bits per heavy atom. The number of nitrogens with one attached hydrogen (secondary N) is 1. The first-order valence-electron chi connectivity index (χ1n) is 3.82. The maximum Gasteiger partial charge on any atom is 0.350 e. The van der Waals surface area contributed by atoms with E-state index in [1.807, 2.05) is 4.72 Å². The molecule has 1 rings (SSSR count). The molecule has 3 nitrogen and oxygen atoms in total. The summed E-state index contributed by atoms with van der Waals surface area (Å²) in [4.78, 5) is 0. The average Bonchev–Trinajstić information content (AvgIpc) is 1.95. The highest BCUT2D eigenvalue weighted by atomic mass is 35.5. The highest BCUT2D eigenvalue weighted by Gasteiger charge is 2.30. The van der Waals surface area contributed by atoms with Crippen LogP contribution in [0.3, 0.4) is 0 Å². The molecule has 0 unspecified atom stereocenters. The van der Waals surface area contributed by atoms with Gasteiger partial charge in [-0.25, -0.2) is 13.1 Å². The molecule has 1 saturated carbocycles. The third-order valence-corrected chi connectivity index (χ3v) is 3.38. The first-order valence-corrected chi connectivity index (χ1v) is 5.81. The first kappa shape index (κ1) is 11.1. The lowest BCUT2D eigenvalue weighted by Gasteiger charge is -2.30. The molecule has 0 aromatic rings.